The highest BCUT2D eigenvalue weighted by Gasteiger charge is 2.31. The summed E-state index contributed by atoms with van der Waals surface area (Å²) in [5.74, 6) is 2.03. The van der Waals surface area contributed by atoms with Gasteiger partial charge in [-0.25, -0.2) is 0 Å². The van der Waals surface area contributed by atoms with E-state index in [1.165, 1.54) is 5.56 Å². The number of nitrogens with one attached hydrogen (secondary N) is 1. The van der Waals surface area contributed by atoms with Gasteiger partial charge in [-0.05, 0) is 12.5 Å². The zero-order valence-electron chi connectivity index (χ0n) is 10.0. The third-order valence-electron chi connectivity index (χ3n) is 3.45. The van der Waals surface area contributed by atoms with Gasteiger partial charge in [-0.1, -0.05) is 18.2 Å². The SMILES string of the molecule is COc1ccccc1C1CCN=C2NCCN21. The molecular formula is C13H17N3O. The average molecular weight is 231 g/mol. The second kappa shape index (κ2) is 4.28. The van der Waals surface area contributed by atoms with Crippen LogP contribution >= 0.6 is 0 Å². The van der Waals surface area contributed by atoms with Crippen LogP contribution in [0.4, 0.5) is 0 Å². The molecule has 1 unspecified atom stereocenters. The van der Waals surface area contributed by atoms with Crippen LogP contribution < -0.4 is 10.1 Å². The van der Waals surface area contributed by atoms with E-state index < -0.39 is 0 Å². The molecule has 2 aliphatic rings. The maximum absolute atomic E-state index is 5.46. The summed E-state index contributed by atoms with van der Waals surface area (Å²) in [4.78, 5) is 6.86. The van der Waals surface area contributed by atoms with Crippen molar-refractivity contribution >= 4 is 5.96 Å². The van der Waals surface area contributed by atoms with E-state index in [1.807, 2.05) is 12.1 Å². The van der Waals surface area contributed by atoms with E-state index in [9.17, 15) is 0 Å². The lowest BCUT2D eigenvalue weighted by molar-refractivity contribution is 0.302. The lowest BCUT2D eigenvalue weighted by atomic mass is 10.0. The fraction of sp³-hybridized carbons (Fsp3) is 0.462. The van der Waals surface area contributed by atoms with E-state index in [2.05, 4.69) is 27.3 Å². The number of nitrogens with zero attached hydrogens (tertiary/aromatic N) is 2. The molecule has 1 saturated heterocycles. The van der Waals surface area contributed by atoms with Gasteiger partial charge in [-0.3, -0.25) is 4.99 Å². The van der Waals surface area contributed by atoms with Crippen molar-refractivity contribution in [3.63, 3.8) is 0 Å². The average Bonchev–Trinajstić information content (AvgIpc) is 2.86. The van der Waals surface area contributed by atoms with E-state index in [0.717, 1.165) is 37.8 Å². The third kappa shape index (κ3) is 1.73. The molecule has 0 aliphatic carbocycles. The Labute approximate surface area is 101 Å². The summed E-state index contributed by atoms with van der Waals surface area (Å²) < 4.78 is 5.46. The van der Waals surface area contributed by atoms with Gasteiger partial charge in [0.1, 0.15) is 5.75 Å². The van der Waals surface area contributed by atoms with Gasteiger partial charge < -0.3 is 15.0 Å². The summed E-state index contributed by atoms with van der Waals surface area (Å²) in [6.07, 6.45) is 1.06. The Balaban J connectivity index is 1.96. The van der Waals surface area contributed by atoms with Crippen LogP contribution in [-0.2, 0) is 0 Å². The molecule has 1 aromatic carbocycles. The van der Waals surface area contributed by atoms with Crippen LogP contribution in [0.15, 0.2) is 29.3 Å². The summed E-state index contributed by atoms with van der Waals surface area (Å²) in [5.41, 5.74) is 1.27. The van der Waals surface area contributed by atoms with E-state index >= 15 is 0 Å². The lowest BCUT2D eigenvalue weighted by Gasteiger charge is -2.33. The second-order valence-electron chi connectivity index (χ2n) is 4.37. The molecule has 0 amide bonds. The number of guanidine groups is 1. The van der Waals surface area contributed by atoms with Crippen LogP contribution in [0.3, 0.4) is 0 Å². The molecule has 0 radical (unpaired) electrons. The van der Waals surface area contributed by atoms with Crippen molar-refractivity contribution in [2.45, 2.75) is 12.5 Å². The molecule has 4 nitrogen and oxygen atoms in total. The van der Waals surface area contributed by atoms with Gasteiger partial charge in [0, 0.05) is 25.2 Å². The number of methoxy groups -OCH3 is 1. The highest BCUT2D eigenvalue weighted by molar-refractivity contribution is 5.83. The number of rotatable bonds is 2. The Morgan fingerprint density at radius 1 is 1.41 bits per heavy atom. The van der Waals surface area contributed by atoms with Gasteiger partial charge in [0.2, 0.25) is 0 Å². The van der Waals surface area contributed by atoms with Crippen molar-refractivity contribution in [2.24, 2.45) is 4.99 Å². The standard InChI is InChI=1S/C13H17N3O/c1-17-12-5-3-2-4-10(12)11-6-7-14-13-15-8-9-16(11)13/h2-5,11H,6-9H2,1H3,(H,14,15). The molecule has 1 fully saturated rings. The quantitative estimate of drug-likeness (QED) is 0.836. The van der Waals surface area contributed by atoms with Crippen molar-refractivity contribution < 1.29 is 4.74 Å². The molecule has 0 spiro atoms. The Morgan fingerprint density at radius 2 is 2.29 bits per heavy atom. The number of hydrogen-bond donors (Lipinski definition) is 1. The summed E-state index contributed by atoms with van der Waals surface area (Å²) >= 11 is 0. The van der Waals surface area contributed by atoms with Crippen LogP contribution in [-0.4, -0.2) is 37.6 Å². The van der Waals surface area contributed by atoms with Gasteiger partial charge >= 0.3 is 0 Å². The highest BCUT2D eigenvalue weighted by atomic mass is 16.5. The topological polar surface area (TPSA) is 36.9 Å². The first-order chi connectivity index (χ1) is 8.40. The number of fused-ring (bicyclic) bond motifs is 1. The van der Waals surface area contributed by atoms with E-state index in [0.29, 0.717) is 6.04 Å². The number of benzene rings is 1. The van der Waals surface area contributed by atoms with E-state index in [4.69, 9.17) is 4.74 Å². The van der Waals surface area contributed by atoms with Crippen molar-refractivity contribution in [1.29, 1.82) is 0 Å². The smallest absolute Gasteiger partial charge is 0.194 e. The van der Waals surface area contributed by atoms with Crippen LogP contribution in [0.2, 0.25) is 0 Å². The Bertz CT molecular complexity index is 444. The van der Waals surface area contributed by atoms with Crippen molar-refractivity contribution in [3.05, 3.63) is 29.8 Å². The van der Waals surface area contributed by atoms with Gasteiger partial charge in [-0.15, -0.1) is 0 Å². The summed E-state index contributed by atoms with van der Waals surface area (Å²) in [5, 5.41) is 3.33. The molecule has 1 N–H and O–H groups in total. The largest absolute Gasteiger partial charge is 0.496 e. The van der Waals surface area contributed by atoms with Gasteiger partial charge in [0.15, 0.2) is 5.96 Å². The number of aliphatic imine (C=N–C) groups is 1. The zero-order chi connectivity index (χ0) is 11.7. The molecular weight excluding hydrogens is 214 g/mol. The molecule has 1 aromatic rings. The Kier molecular flexibility index (Phi) is 2.63. The molecule has 90 valence electrons. The minimum atomic E-state index is 0.397. The molecule has 4 heteroatoms. The first-order valence-corrected chi connectivity index (χ1v) is 6.08. The molecule has 1 atom stereocenters. The van der Waals surface area contributed by atoms with Gasteiger partial charge in [-0.2, -0.15) is 0 Å². The molecule has 0 aromatic heterocycles. The predicted molar refractivity (Wildman–Crippen MR) is 67.4 cm³/mol. The first-order valence-electron chi connectivity index (χ1n) is 6.08. The molecule has 17 heavy (non-hydrogen) atoms. The molecule has 0 saturated carbocycles. The van der Waals surface area contributed by atoms with E-state index in [1.54, 1.807) is 7.11 Å². The number of ether oxygens (including phenoxy) is 1. The van der Waals surface area contributed by atoms with Crippen LogP contribution in [0.5, 0.6) is 5.75 Å². The normalized spacial score (nSPS) is 22.8. The van der Waals surface area contributed by atoms with Crippen LogP contribution in [0.1, 0.15) is 18.0 Å². The first kappa shape index (κ1) is 10.4. The van der Waals surface area contributed by atoms with Crippen molar-refractivity contribution in [1.82, 2.24) is 10.2 Å². The number of hydrogen-bond acceptors (Lipinski definition) is 4. The van der Waals surface area contributed by atoms with Crippen LogP contribution in [0, 0.1) is 0 Å². The lowest BCUT2D eigenvalue weighted by Crippen LogP contribution is -2.37. The van der Waals surface area contributed by atoms with Crippen LogP contribution in [0.25, 0.3) is 0 Å². The minimum absolute atomic E-state index is 0.397. The monoisotopic (exact) mass is 231 g/mol. The fourth-order valence-corrected chi connectivity index (χ4v) is 2.66. The summed E-state index contributed by atoms with van der Waals surface area (Å²) in [7, 11) is 1.74. The van der Waals surface area contributed by atoms with Gasteiger partial charge in [0.25, 0.3) is 0 Å². The van der Waals surface area contributed by atoms with Gasteiger partial charge in [0.05, 0.1) is 13.2 Å². The molecule has 2 heterocycles. The minimum Gasteiger partial charge on any atom is -0.496 e. The third-order valence-corrected chi connectivity index (χ3v) is 3.45. The Hall–Kier alpha value is -1.71. The fourth-order valence-electron chi connectivity index (χ4n) is 2.66. The van der Waals surface area contributed by atoms with Crippen molar-refractivity contribution in [2.75, 3.05) is 26.7 Å². The zero-order valence-corrected chi connectivity index (χ0v) is 10.0. The maximum atomic E-state index is 5.46. The summed E-state index contributed by atoms with van der Waals surface area (Å²) in [6, 6.07) is 8.68. The summed E-state index contributed by atoms with van der Waals surface area (Å²) in [6.45, 7) is 2.91. The number of para-hydroxylation sites is 1. The second-order valence-corrected chi connectivity index (χ2v) is 4.37. The molecule has 0 bridgehead atoms. The highest BCUT2D eigenvalue weighted by Crippen LogP contribution is 2.34. The van der Waals surface area contributed by atoms with Crippen molar-refractivity contribution in [3.8, 4) is 5.75 Å². The predicted octanol–water partition coefficient (Wildman–Crippen LogP) is 1.40. The Morgan fingerprint density at radius 3 is 3.18 bits per heavy atom. The van der Waals surface area contributed by atoms with E-state index in [-0.39, 0.29) is 0 Å². The molecule has 3 rings (SSSR count). The maximum Gasteiger partial charge on any atom is 0.194 e. The molecule has 2 aliphatic heterocycles.